The summed E-state index contributed by atoms with van der Waals surface area (Å²) >= 11 is 1.34. The molecule has 38 heavy (non-hydrogen) atoms. The number of benzene rings is 2. The van der Waals surface area contributed by atoms with Crippen molar-refractivity contribution < 1.29 is 22.7 Å². The number of nitrogens with one attached hydrogen (secondary N) is 2. The Kier molecular flexibility index (Phi) is 7.55. The first-order valence-corrected chi connectivity index (χ1v) is 13.9. The molecular weight excluding hydrogens is 513 g/mol. The number of halogens is 3. The van der Waals surface area contributed by atoms with Crippen molar-refractivity contribution in [2.75, 3.05) is 12.4 Å². The van der Waals surface area contributed by atoms with Crippen LogP contribution in [-0.4, -0.2) is 47.1 Å². The maximum atomic E-state index is 13.5. The number of carbonyl (C=O) groups excluding carboxylic acids is 1. The molecule has 1 aromatic heterocycles. The van der Waals surface area contributed by atoms with E-state index in [1.54, 1.807) is 25.3 Å². The molecule has 5 rings (SSSR count). The van der Waals surface area contributed by atoms with E-state index in [2.05, 4.69) is 20.5 Å². The Morgan fingerprint density at radius 3 is 2.58 bits per heavy atom. The van der Waals surface area contributed by atoms with E-state index < -0.39 is 11.7 Å². The highest BCUT2D eigenvalue weighted by Gasteiger charge is 2.39. The van der Waals surface area contributed by atoms with Gasteiger partial charge in [-0.25, -0.2) is 4.98 Å². The maximum absolute atomic E-state index is 13.5. The number of carbonyl (C=O) groups is 1. The van der Waals surface area contributed by atoms with Crippen LogP contribution in [0.15, 0.2) is 36.4 Å². The van der Waals surface area contributed by atoms with Gasteiger partial charge in [0.15, 0.2) is 0 Å². The normalized spacial score (nSPS) is 22.0. The van der Waals surface area contributed by atoms with Crippen LogP contribution in [0.1, 0.15) is 66.9 Å². The zero-order valence-corrected chi connectivity index (χ0v) is 22.6. The Hall–Kier alpha value is -2.85. The van der Waals surface area contributed by atoms with Crippen molar-refractivity contribution in [3.05, 3.63) is 52.5 Å². The average Bonchev–Trinajstić information content (AvgIpc) is 3.26. The third-order valence-corrected chi connectivity index (χ3v) is 8.46. The number of nitrogens with zero attached hydrogens (tertiary/aromatic N) is 2. The van der Waals surface area contributed by atoms with E-state index in [-0.39, 0.29) is 35.6 Å². The Balaban J connectivity index is 1.27. The predicted molar refractivity (Wildman–Crippen MR) is 144 cm³/mol. The van der Waals surface area contributed by atoms with Crippen LogP contribution in [0.4, 0.5) is 18.9 Å². The van der Waals surface area contributed by atoms with Gasteiger partial charge < -0.3 is 15.4 Å². The summed E-state index contributed by atoms with van der Waals surface area (Å²) in [5.74, 6) is 0.504. The minimum atomic E-state index is -4.42. The van der Waals surface area contributed by atoms with Crippen LogP contribution in [0.5, 0.6) is 5.75 Å². The van der Waals surface area contributed by atoms with Crippen molar-refractivity contribution in [2.24, 2.45) is 0 Å². The first-order valence-electron chi connectivity index (χ1n) is 13.1. The van der Waals surface area contributed by atoms with Crippen molar-refractivity contribution in [1.82, 2.24) is 15.2 Å². The number of amides is 1. The van der Waals surface area contributed by atoms with E-state index in [1.165, 1.54) is 17.4 Å². The maximum Gasteiger partial charge on any atom is 0.418 e. The molecule has 3 aromatic rings. The average molecular weight is 547 g/mol. The molecule has 0 radical (unpaired) electrons. The van der Waals surface area contributed by atoms with E-state index in [1.807, 2.05) is 19.9 Å². The van der Waals surface area contributed by atoms with Crippen molar-refractivity contribution in [2.45, 2.75) is 82.8 Å². The fraction of sp³-hybridized carbons (Fsp3) is 0.500. The lowest BCUT2D eigenvalue weighted by Crippen LogP contribution is -2.56. The van der Waals surface area contributed by atoms with Gasteiger partial charge in [0, 0.05) is 29.7 Å². The molecule has 6 nitrogen and oxygen atoms in total. The van der Waals surface area contributed by atoms with E-state index in [4.69, 9.17) is 4.74 Å². The first-order chi connectivity index (χ1) is 18.1. The molecule has 204 valence electrons. The smallest absolute Gasteiger partial charge is 0.418 e. The fourth-order valence-corrected chi connectivity index (χ4v) is 6.84. The number of fused-ring (bicyclic) bond motifs is 3. The summed E-state index contributed by atoms with van der Waals surface area (Å²) < 4.78 is 46.4. The minimum absolute atomic E-state index is 0.0392. The number of thiazole rings is 1. The standard InChI is InChI=1S/C28H33F3N4O2S/c1-16(2)32-22-11-10-17(12-23(22)37-3)27(36)33-18-13-19-6-4-7-20(14-18)35(19)15-25-34-26-21(28(29,30)31)8-5-9-24(26)38-25/h5,8-12,16,18-20,32H,4,6-7,13-15H2,1-3H3,(H,33,36). The van der Waals surface area contributed by atoms with Gasteiger partial charge in [0.25, 0.3) is 5.91 Å². The molecule has 2 saturated heterocycles. The topological polar surface area (TPSA) is 66.5 Å². The molecule has 10 heteroatoms. The number of rotatable bonds is 7. The molecule has 3 heterocycles. The van der Waals surface area contributed by atoms with Gasteiger partial charge in [0.05, 0.1) is 35.1 Å². The van der Waals surface area contributed by atoms with Crippen molar-refractivity contribution in [1.29, 1.82) is 0 Å². The lowest BCUT2D eigenvalue weighted by Gasteiger charge is -2.48. The lowest BCUT2D eigenvalue weighted by atomic mass is 9.81. The second-order valence-electron chi connectivity index (χ2n) is 10.5. The second kappa shape index (κ2) is 10.7. The molecule has 2 N–H and O–H groups in total. The molecule has 0 saturated carbocycles. The lowest BCUT2D eigenvalue weighted by molar-refractivity contribution is -0.136. The van der Waals surface area contributed by atoms with Gasteiger partial charge in [0.2, 0.25) is 0 Å². The molecule has 2 aliphatic rings. The summed E-state index contributed by atoms with van der Waals surface area (Å²) in [6, 6.07) is 10.5. The summed E-state index contributed by atoms with van der Waals surface area (Å²) in [5.41, 5.74) is 0.763. The Morgan fingerprint density at radius 2 is 1.92 bits per heavy atom. The summed E-state index contributed by atoms with van der Waals surface area (Å²) in [6.07, 6.45) is 0.325. The van der Waals surface area contributed by atoms with Gasteiger partial charge in [0.1, 0.15) is 10.8 Å². The van der Waals surface area contributed by atoms with Crippen LogP contribution in [0.25, 0.3) is 10.2 Å². The van der Waals surface area contributed by atoms with E-state index in [0.717, 1.165) is 43.9 Å². The number of ether oxygens (including phenoxy) is 1. The molecule has 0 spiro atoms. The van der Waals surface area contributed by atoms with Crippen molar-refractivity contribution in [3.8, 4) is 5.75 Å². The highest BCUT2D eigenvalue weighted by atomic mass is 32.1. The number of piperidine rings is 2. The quantitative estimate of drug-likeness (QED) is 0.356. The Labute approximate surface area is 224 Å². The van der Waals surface area contributed by atoms with Crippen LogP contribution >= 0.6 is 11.3 Å². The highest BCUT2D eigenvalue weighted by molar-refractivity contribution is 7.18. The monoisotopic (exact) mass is 546 g/mol. The van der Waals surface area contributed by atoms with Crippen LogP contribution < -0.4 is 15.4 Å². The molecule has 2 unspecified atom stereocenters. The molecule has 2 atom stereocenters. The molecular formula is C28H33F3N4O2S. The largest absolute Gasteiger partial charge is 0.495 e. The molecule has 0 aliphatic carbocycles. The number of hydrogen-bond acceptors (Lipinski definition) is 6. The van der Waals surface area contributed by atoms with Crippen LogP contribution in [0.2, 0.25) is 0 Å². The van der Waals surface area contributed by atoms with Gasteiger partial charge in [-0.1, -0.05) is 12.5 Å². The summed E-state index contributed by atoms with van der Waals surface area (Å²) in [4.78, 5) is 19.9. The number of methoxy groups -OCH3 is 1. The third kappa shape index (κ3) is 5.61. The highest BCUT2D eigenvalue weighted by Crippen LogP contribution is 2.39. The number of hydrogen-bond donors (Lipinski definition) is 2. The summed E-state index contributed by atoms with van der Waals surface area (Å²) in [6.45, 7) is 4.62. The van der Waals surface area contributed by atoms with E-state index in [0.29, 0.717) is 27.6 Å². The first kappa shape index (κ1) is 26.7. The molecule has 1 amide bonds. The molecule has 2 fully saturated rings. The number of para-hydroxylation sites is 1. The Bertz CT molecular complexity index is 1290. The van der Waals surface area contributed by atoms with Gasteiger partial charge in [-0.15, -0.1) is 11.3 Å². The van der Waals surface area contributed by atoms with Crippen molar-refractivity contribution in [3.63, 3.8) is 0 Å². The van der Waals surface area contributed by atoms with E-state index >= 15 is 0 Å². The minimum Gasteiger partial charge on any atom is -0.495 e. The molecule has 2 aromatic carbocycles. The number of aromatic nitrogens is 1. The Morgan fingerprint density at radius 1 is 1.18 bits per heavy atom. The van der Waals surface area contributed by atoms with Crippen LogP contribution in [-0.2, 0) is 12.7 Å². The van der Waals surface area contributed by atoms with Gasteiger partial charge in [-0.2, -0.15) is 13.2 Å². The molecule has 2 aliphatic heterocycles. The van der Waals surface area contributed by atoms with Gasteiger partial charge in [-0.05, 0) is 69.9 Å². The number of alkyl halides is 3. The SMILES string of the molecule is COc1cc(C(=O)NC2CC3CCCC(C2)N3Cc2nc3c(C(F)(F)F)cccc3s2)ccc1NC(C)C. The van der Waals surface area contributed by atoms with Gasteiger partial charge in [-0.3, -0.25) is 9.69 Å². The zero-order chi connectivity index (χ0) is 27.0. The molecule has 2 bridgehead atoms. The fourth-order valence-electron chi connectivity index (χ4n) is 5.83. The van der Waals surface area contributed by atoms with Gasteiger partial charge >= 0.3 is 6.18 Å². The van der Waals surface area contributed by atoms with Crippen LogP contribution in [0.3, 0.4) is 0 Å². The zero-order valence-electron chi connectivity index (χ0n) is 21.8. The van der Waals surface area contributed by atoms with Crippen LogP contribution in [0, 0.1) is 0 Å². The van der Waals surface area contributed by atoms with Crippen molar-refractivity contribution >= 4 is 33.1 Å². The van der Waals surface area contributed by atoms with E-state index in [9.17, 15) is 18.0 Å². The second-order valence-corrected chi connectivity index (χ2v) is 11.6. The predicted octanol–water partition coefficient (Wildman–Crippen LogP) is 6.46. The third-order valence-electron chi connectivity index (χ3n) is 7.46. The number of anilines is 1. The summed E-state index contributed by atoms with van der Waals surface area (Å²) in [5, 5.41) is 7.25. The summed E-state index contributed by atoms with van der Waals surface area (Å²) in [7, 11) is 1.59.